The zero-order valence-corrected chi connectivity index (χ0v) is 12.2. The van der Waals surface area contributed by atoms with Gasteiger partial charge >= 0.3 is 0 Å². The molecule has 2 nitrogen and oxygen atoms in total. The van der Waals surface area contributed by atoms with E-state index in [0.717, 1.165) is 19.4 Å². The molecule has 2 unspecified atom stereocenters. The van der Waals surface area contributed by atoms with Crippen molar-refractivity contribution in [2.45, 2.75) is 40.7 Å². The lowest BCUT2D eigenvalue weighted by molar-refractivity contribution is -0.181. The molecule has 1 rings (SSSR count). The van der Waals surface area contributed by atoms with Gasteiger partial charge in [0.25, 0.3) is 0 Å². The molecule has 1 saturated heterocycles. The van der Waals surface area contributed by atoms with E-state index in [9.17, 15) is 0 Å². The predicted octanol–water partition coefficient (Wildman–Crippen LogP) is 3.76. The molecule has 5 heteroatoms. The minimum absolute atomic E-state index is 0.00981. The summed E-state index contributed by atoms with van der Waals surface area (Å²) in [5.74, 6) is 0. The monoisotopic (exact) mass is 378 g/mol. The van der Waals surface area contributed by atoms with Gasteiger partial charge in [0.1, 0.15) is 0 Å². The lowest BCUT2D eigenvalue weighted by Crippen LogP contribution is -2.32. The number of alkyl halides is 3. The van der Waals surface area contributed by atoms with E-state index in [0.29, 0.717) is 0 Å². The Morgan fingerprint density at radius 1 is 1.38 bits per heavy atom. The zero-order valence-electron chi connectivity index (χ0n) is 7.43. The van der Waals surface area contributed by atoms with Gasteiger partial charge in [-0.1, -0.05) is 47.8 Å². The zero-order chi connectivity index (χ0) is 9.90. The van der Waals surface area contributed by atoms with Crippen LogP contribution in [0.15, 0.2) is 0 Å². The van der Waals surface area contributed by atoms with E-state index in [1.165, 1.54) is 6.42 Å². The van der Waals surface area contributed by atoms with Crippen LogP contribution < -0.4 is 0 Å². The normalized spacial score (nSPS) is 27.2. The summed E-state index contributed by atoms with van der Waals surface area (Å²) in [5.41, 5.74) is 0. The Morgan fingerprint density at radius 2 is 2.08 bits per heavy atom. The summed E-state index contributed by atoms with van der Waals surface area (Å²) in [6.45, 7) is 2.80. The van der Waals surface area contributed by atoms with Gasteiger partial charge in [0, 0.05) is 6.61 Å². The fourth-order valence-corrected chi connectivity index (χ4v) is 1.45. The van der Waals surface area contributed by atoms with E-state index < -0.39 is 0 Å². The van der Waals surface area contributed by atoms with Crippen molar-refractivity contribution in [3.63, 3.8) is 0 Å². The van der Waals surface area contributed by atoms with Crippen molar-refractivity contribution < 1.29 is 9.47 Å². The molecule has 0 bridgehead atoms. The van der Waals surface area contributed by atoms with Crippen molar-refractivity contribution in [3.8, 4) is 0 Å². The van der Waals surface area contributed by atoms with Crippen molar-refractivity contribution >= 4 is 47.8 Å². The van der Waals surface area contributed by atoms with Gasteiger partial charge in [0.05, 0.1) is 6.10 Å². The standard InChI is InChI=1S/C8H13Br3O2/c1-6(8(9,10)11)13-7-4-2-3-5-12-7/h6-7H,2-5H2,1H3. The highest BCUT2D eigenvalue weighted by Gasteiger charge is 2.30. The lowest BCUT2D eigenvalue weighted by atomic mass is 10.2. The SMILES string of the molecule is CC(OC1CCCCO1)C(Br)(Br)Br. The molecule has 78 valence electrons. The van der Waals surface area contributed by atoms with Gasteiger partial charge in [-0.3, -0.25) is 0 Å². The Balaban J connectivity index is 2.30. The van der Waals surface area contributed by atoms with Gasteiger partial charge in [-0.15, -0.1) is 0 Å². The predicted molar refractivity (Wildman–Crippen MR) is 63.7 cm³/mol. The maximum absolute atomic E-state index is 5.69. The molecule has 1 heterocycles. The molecule has 0 aliphatic carbocycles. The number of rotatable bonds is 2. The molecule has 0 radical (unpaired) electrons. The molecule has 1 fully saturated rings. The first-order valence-electron chi connectivity index (χ1n) is 4.34. The highest BCUT2D eigenvalue weighted by atomic mass is 80.0. The van der Waals surface area contributed by atoms with Crippen LogP contribution in [0.25, 0.3) is 0 Å². The van der Waals surface area contributed by atoms with Gasteiger partial charge in [-0.25, -0.2) is 0 Å². The molecule has 1 aliphatic rings. The second-order valence-corrected chi connectivity index (χ2v) is 10.1. The van der Waals surface area contributed by atoms with Gasteiger partial charge in [-0.2, -0.15) is 0 Å². The van der Waals surface area contributed by atoms with Crippen molar-refractivity contribution in [1.82, 2.24) is 0 Å². The van der Waals surface area contributed by atoms with E-state index >= 15 is 0 Å². The second kappa shape index (κ2) is 5.45. The van der Waals surface area contributed by atoms with Crippen LogP contribution in [0.3, 0.4) is 0 Å². The van der Waals surface area contributed by atoms with Gasteiger partial charge in [-0.05, 0) is 26.2 Å². The van der Waals surface area contributed by atoms with E-state index in [2.05, 4.69) is 47.8 Å². The number of hydrogen-bond donors (Lipinski definition) is 0. The smallest absolute Gasteiger partial charge is 0.160 e. The molecule has 0 amide bonds. The van der Waals surface area contributed by atoms with Gasteiger partial charge in [0.15, 0.2) is 8.43 Å². The summed E-state index contributed by atoms with van der Waals surface area (Å²) in [7, 11) is 0. The highest BCUT2D eigenvalue weighted by Crippen LogP contribution is 2.39. The molecule has 0 aromatic heterocycles. The fourth-order valence-electron chi connectivity index (χ4n) is 1.12. The van der Waals surface area contributed by atoms with E-state index in [4.69, 9.17) is 9.47 Å². The van der Waals surface area contributed by atoms with Gasteiger partial charge in [0.2, 0.25) is 0 Å². The lowest BCUT2D eigenvalue weighted by Gasteiger charge is -2.29. The van der Waals surface area contributed by atoms with Gasteiger partial charge < -0.3 is 9.47 Å². The molecule has 1 aliphatic heterocycles. The van der Waals surface area contributed by atoms with Crippen LogP contribution in [0.2, 0.25) is 0 Å². The summed E-state index contributed by atoms with van der Waals surface area (Å²) < 4.78 is 10.8. The highest BCUT2D eigenvalue weighted by molar-refractivity contribution is 9.39. The summed E-state index contributed by atoms with van der Waals surface area (Å²) in [6, 6.07) is 0. The van der Waals surface area contributed by atoms with E-state index in [1.807, 2.05) is 6.92 Å². The van der Waals surface area contributed by atoms with Crippen LogP contribution in [-0.2, 0) is 9.47 Å². The molecule has 0 saturated carbocycles. The van der Waals surface area contributed by atoms with E-state index in [-0.39, 0.29) is 14.5 Å². The molecule has 0 aromatic carbocycles. The first kappa shape index (κ1) is 12.4. The van der Waals surface area contributed by atoms with Crippen molar-refractivity contribution in [1.29, 1.82) is 0 Å². The quantitative estimate of drug-likeness (QED) is 0.679. The summed E-state index contributed by atoms with van der Waals surface area (Å²) in [4.78, 5) is 0. The molecule has 0 spiro atoms. The maximum Gasteiger partial charge on any atom is 0.160 e. The second-order valence-electron chi connectivity index (χ2n) is 3.12. The third kappa shape index (κ3) is 4.60. The summed E-state index contributed by atoms with van der Waals surface area (Å²) in [6.07, 6.45) is 3.30. The van der Waals surface area contributed by atoms with Crippen LogP contribution >= 0.6 is 47.8 Å². The van der Waals surface area contributed by atoms with Crippen molar-refractivity contribution in [2.75, 3.05) is 6.61 Å². The average molecular weight is 381 g/mol. The minimum Gasteiger partial charge on any atom is -0.353 e. The maximum atomic E-state index is 5.69. The average Bonchev–Trinajstić information content (AvgIpc) is 2.04. The number of hydrogen-bond acceptors (Lipinski definition) is 2. The Morgan fingerprint density at radius 3 is 2.54 bits per heavy atom. The topological polar surface area (TPSA) is 18.5 Å². The van der Waals surface area contributed by atoms with Crippen molar-refractivity contribution in [2.24, 2.45) is 0 Å². The van der Waals surface area contributed by atoms with E-state index in [1.54, 1.807) is 0 Å². The van der Waals surface area contributed by atoms with Crippen LogP contribution in [0, 0.1) is 0 Å². The molecule has 13 heavy (non-hydrogen) atoms. The third-order valence-corrected chi connectivity index (χ3v) is 3.89. The fraction of sp³-hybridized carbons (Fsp3) is 1.00. The number of ether oxygens (including phenoxy) is 2. The first-order valence-corrected chi connectivity index (χ1v) is 6.72. The largest absolute Gasteiger partial charge is 0.353 e. The molecular formula is C8H13Br3O2. The third-order valence-electron chi connectivity index (χ3n) is 1.95. The van der Waals surface area contributed by atoms with Crippen LogP contribution in [0.4, 0.5) is 0 Å². The van der Waals surface area contributed by atoms with Crippen LogP contribution in [0.1, 0.15) is 26.2 Å². The molecular weight excluding hydrogens is 368 g/mol. The summed E-state index contributed by atoms with van der Waals surface area (Å²) in [5, 5.41) is 0. The Kier molecular flexibility index (Phi) is 5.21. The Hall–Kier alpha value is 1.36. The molecule has 0 N–H and O–H groups in total. The van der Waals surface area contributed by atoms with Crippen molar-refractivity contribution in [3.05, 3.63) is 0 Å². The summed E-state index contributed by atoms with van der Waals surface area (Å²) >= 11 is 10.3. The first-order chi connectivity index (χ1) is 6.00. The minimum atomic E-state index is -0.353. The Labute approximate surface area is 104 Å². The number of halogens is 3. The molecule has 2 atom stereocenters. The van der Waals surface area contributed by atoms with Crippen LogP contribution in [0.5, 0.6) is 0 Å². The molecule has 0 aromatic rings. The van der Waals surface area contributed by atoms with Crippen LogP contribution in [-0.4, -0.2) is 21.1 Å². The Bertz CT molecular complexity index is 152.